The molecule has 0 atom stereocenters. The van der Waals surface area contributed by atoms with Crippen molar-refractivity contribution in [3.8, 4) is 23.8 Å². The molecule has 5 nitrogen and oxygen atoms in total. The minimum Gasteiger partial charge on any atom is -0.493 e. The van der Waals surface area contributed by atoms with Crippen molar-refractivity contribution in [2.45, 2.75) is 6.61 Å². The number of carboxylic acid groups (broad SMARTS) is 1. The topological polar surface area (TPSA) is 71.5 Å². The summed E-state index contributed by atoms with van der Waals surface area (Å²) in [6.45, 7) is 0.350. The van der Waals surface area contributed by atoms with Crippen molar-refractivity contribution in [2.75, 3.05) is 7.11 Å². The Labute approximate surface area is 138 Å². The second-order valence-electron chi connectivity index (χ2n) is 5.21. The van der Waals surface area contributed by atoms with Gasteiger partial charge in [-0.1, -0.05) is 18.1 Å². The number of carbonyl (C=O) groups is 1. The number of ether oxygens (including phenoxy) is 2. The minimum absolute atomic E-state index is 0.120. The van der Waals surface area contributed by atoms with Crippen molar-refractivity contribution in [2.24, 2.45) is 0 Å². The van der Waals surface area contributed by atoms with Gasteiger partial charge >= 0.3 is 5.97 Å². The van der Waals surface area contributed by atoms with Crippen LogP contribution < -0.4 is 9.47 Å². The van der Waals surface area contributed by atoms with Gasteiger partial charge in [0.15, 0.2) is 11.5 Å². The zero-order valence-corrected chi connectivity index (χ0v) is 13.0. The summed E-state index contributed by atoms with van der Waals surface area (Å²) in [6, 6.07) is 12.5. The third-order valence-electron chi connectivity index (χ3n) is 3.65. The molecule has 0 amide bonds. The number of aromatic nitrogens is 1. The summed E-state index contributed by atoms with van der Waals surface area (Å²) >= 11 is 0. The lowest BCUT2D eigenvalue weighted by Gasteiger charge is -2.11. The highest BCUT2D eigenvalue weighted by atomic mass is 16.5. The van der Waals surface area contributed by atoms with Crippen LogP contribution in [0.25, 0.3) is 10.9 Å². The maximum absolute atomic E-state index is 11.1. The van der Waals surface area contributed by atoms with E-state index in [9.17, 15) is 4.79 Å². The number of fused-ring (bicyclic) bond motifs is 1. The number of aromatic carboxylic acids is 1. The molecule has 0 aliphatic heterocycles. The van der Waals surface area contributed by atoms with Gasteiger partial charge in [0.25, 0.3) is 0 Å². The van der Waals surface area contributed by atoms with Crippen molar-refractivity contribution >= 4 is 16.9 Å². The molecule has 0 unspecified atom stereocenters. The van der Waals surface area contributed by atoms with Gasteiger partial charge in [0.1, 0.15) is 12.3 Å². The van der Waals surface area contributed by atoms with Crippen molar-refractivity contribution in [1.82, 2.24) is 4.98 Å². The zero-order valence-electron chi connectivity index (χ0n) is 13.0. The van der Waals surface area contributed by atoms with Gasteiger partial charge in [-0.05, 0) is 29.8 Å². The summed E-state index contributed by atoms with van der Waals surface area (Å²) in [5.74, 6) is 2.63. The number of H-pyrrole nitrogens is 1. The first-order chi connectivity index (χ1) is 11.6. The van der Waals surface area contributed by atoms with E-state index in [1.165, 1.54) is 7.11 Å². The molecule has 0 bridgehead atoms. The number of benzene rings is 2. The van der Waals surface area contributed by atoms with Crippen molar-refractivity contribution < 1.29 is 19.4 Å². The van der Waals surface area contributed by atoms with Gasteiger partial charge in [-0.25, -0.2) is 4.79 Å². The molecule has 3 rings (SSSR count). The van der Waals surface area contributed by atoms with E-state index in [1.807, 2.05) is 24.3 Å². The Morgan fingerprint density at radius 2 is 1.96 bits per heavy atom. The van der Waals surface area contributed by atoms with Crippen LogP contribution in [0.2, 0.25) is 0 Å². The van der Waals surface area contributed by atoms with Crippen LogP contribution in [0.15, 0.2) is 42.5 Å². The summed E-state index contributed by atoms with van der Waals surface area (Å²) in [7, 11) is 1.54. The van der Waals surface area contributed by atoms with Crippen LogP contribution in [-0.4, -0.2) is 23.2 Å². The van der Waals surface area contributed by atoms with E-state index in [1.54, 1.807) is 18.2 Å². The maximum atomic E-state index is 11.1. The summed E-state index contributed by atoms with van der Waals surface area (Å²) in [6.07, 6.45) is 5.34. The molecule has 0 spiro atoms. The molecule has 0 aliphatic rings. The molecule has 5 heteroatoms. The Kier molecular flexibility index (Phi) is 4.13. The molecule has 0 radical (unpaired) electrons. The van der Waals surface area contributed by atoms with Crippen LogP contribution in [0.1, 0.15) is 21.6 Å². The highest BCUT2D eigenvalue weighted by molar-refractivity contribution is 5.94. The molecule has 0 saturated carbocycles. The fourth-order valence-electron chi connectivity index (χ4n) is 2.39. The van der Waals surface area contributed by atoms with Gasteiger partial charge < -0.3 is 19.6 Å². The van der Waals surface area contributed by atoms with Gasteiger partial charge in [-0.3, -0.25) is 0 Å². The first-order valence-electron chi connectivity index (χ1n) is 7.23. The van der Waals surface area contributed by atoms with Crippen molar-refractivity contribution in [1.29, 1.82) is 0 Å². The SMILES string of the molecule is C#Cc1ccc(COc2cc3cc(C(=O)O)[nH]c3cc2OC)cc1. The van der Waals surface area contributed by atoms with Gasteiger partial charge in [0.2, 0.25) is 0 Å². The normalized spacial score (nSPS) is 10.3. The van der Waals surface area contributed by atoms with Gasteiger partial charge in [-0.2, -0.15) is 0 Å². The van der Waals surface area contributed by atoms with E-state index in [-0.39, 0.29) is 5.69 Å². The summed E-state index contributed by atoms with van der Waals surface area (Å²) < 4.78 is 11.2. The molecule has 2 aromatic carbocycles. The number of terminal acetylenes is 1. The van der Waals surface area contributed by atoms with Crippen LogP contribution in [0.3, 0.4) is 0 Å². The Bertz CT molecular complexity index is 932. The predicted octanol–water partition coefficient (Wildman–Crippen LogP) is 3.44. The molecule has 3 aromatic rings. The lowest BCUT2D eigenvalue weighted by Crippen LogP contribution is -1.97. The third kappa shape index (κ3) is 3.03. The molecule has 24 heavy (non-hydrogen) atoms. The van der Waals surface area contributed by atoms with E-state index >= 15 is 0 Å². The number of methoxy groups -OCH3 is 1. The first kappa shape index (κ1) is 15.5. The molecular formula is C19H15NO4. The van der Waals surface area contributed by atoms with E-state index in [0.29, 0.717) is 23.6 Å². The van der Waals surface area contributed by atoms with Crippen LogP contribution in [-0.2, 0) is 6.61 Å². The highest BCUT2D eigenvalue weighted by Gasteiger charge is 2.12. The summed E-state index contributed by atoms with van der Waals surface area (Å²) in [4.78, 5) is 13.9. The van der Waals surface area contributed by atoms with Crippen LogP contribution in [0, 0.1) is 12.3 Å². The molecule has 0 saturated heterocycles. The van der Waals surface area contributed by atoms with E-state index in [0.717, 1.165) is 16.5 Å². The molecule has 1 heterocycles. The number of rotatable bonds is 5. The highest BCUT2D eigenvalue weighted by Crippen LogP contribution is 2.33. The average molecular weight is 321 g/mol. The molecular weight excluding hydrogens is 306 g/mol. The smallest absolute Gasteiger partial charge is 0.352 e. The molecule has 0 aliphatic carbocycles. The molecule has 0 fully saturated rings. The Morgan fingerprint density at radius 1 is 1.21 bits per heavy atom. The predicted molar refractivity (Wildman–Crippen MR) is 90.5 cm³/mol. The number of aromatic amines is 1. The molecule has 2 N–H and O–H groups in total. The lowest BCUT2D eigenvalue weighted by atomic mass is 10.1. The Hall–Kier alpha value is -3.39. The Balaban J connectivity index is 1.86. The summed E-state index contributed by atoms with van der Waals surface area (Å²) in [5, 5.41) is 9.81. The quantitative estimate of drug-likeness (QED) is 0.706. The number of carboxylic acids is 1. The number of hydrogen-bond acceptors (Lipinski definition) is 3. The van der Waals surface area contributed by atoms with Gasteiger partial charge in [0.05, 0.1) is 12.6 Å². The van der Waals surface area contributed by atoms with E-state index in [2.05, 4.69) is 10.9 Å². The molecule has 1 aromatic heterocycles. The standard InChI is InChI=1S/C19H15NO4/c1-3-12-4-6-13(7-5-12)11-24-18-9-14-8-16(19(21)22)20-15(14)10-17(18)23-2/h1,4-10,20H,11H2,2H3,(H,21,22). The zero-order chi connectivity index (χ0) is 17.1. The lowest BCUT2D eigenvalue weighted by molar-refractivity contribution is 0.0691. The monoisotopic (exact) mass is 321 g/mol. The van der Waals surface area contributed by atoms with Gasteiger partial charge in [-0.15, -0.1) is 6.42 Å². The number of nitrogens with one attached hydrogen (secondary N) is 1. The second-order valence-corrected chi connectivity index (χ2v) is 5.21. The second kappa shape index (κ2) is 6.39. The minimum atomic E-state index is -1.01. The van der Waals surface area contributed by atoms with Crippen molar-refractivity contribution in [3.05, 3.63) is 59.3 Å². The van der Waals surface area contributed by atoms with Gasteiger partial charge in [0, 0.05) is 17.0 Å². The van der Waals surface area contributed by atoms with Crippen molar-refractivity contribution in [3.63, 3.8) is 0 Å². The number of hydrogen-bond donors (Lipinski definition) is 2. The summed E-state index contributed by atoms with van der Waals surface area (Å²) in [5.41, 5.74) is 2.58. The van der Waals surface area contributed by atoms with E-state index in [4.69, 9.17) is 21.0 Å². The first-order valence-corrected chi connectivity index (χ1v) is 7.23. The Morgan fingerprint density at radius 3 is 2.58 bits per heavy atom. The average Bonchev–Trinajstić information content (AvgIpc) is 3.02. The molecule has 120 valence electrons. The fraction of sp³-hybridized carbons (Fsp3) is 0.105. The maximum Gasteiger partial charge on any atom is 0.352 e. The third-order valence-corrected chi connectivity index (χ3v) is 3.65. The largest absolute Gasteiger partial charge is 0.493 e. The van der Waals surface area contributed by atoms with E-state index < -0.39 is 5.97 Å². The van der Waals surface area contributed by atoms with Crippen LogP contribution in [0.4, 0.5) is 0 Å². The fourth-order valence-corrected chi connectivity index (χ4v) is 2.39. The van der Waals surface area contributed by atoms with Crippen LogP contribution in [0.5, 0.6) is 11.5 Å². The van der Waals surface area contributed by atoms with Crippen LogP contribution >= 0.6 is 0 Å².